The van der Waals surface area contributed by atoms with Crippen molar-refractivity contribution in [2.75, 3.05) is 0 Å². The van der Waals surface area contributed by atoms with Crippen molar-refractivity contribution in [2.45, 2.75) is 27.7 Å². The predicted octanol–water partition coefficient (Wildman–Crippen LogP) is 5.71. The van der Waals surface area contributed by atoms with Crippen molar-refractivity contribution in [1.29, 1.82) is 0 Å². The van der Waals surface area contributed by atoms with E-state index in [0.29, 0.717) is 0 Å². The van der Waals surface area contributed by atoms with Crippen LogP contribution in [0, 0.1) is 27.7 Å². The molecular formula is C16H16Br2N2Ni. The fourth-order valence-electron chi connectivity index (χ4n) is 2.39. The molecular weight excluding hydrogens is 439 g/mol. The number of hydrogen-bond donors (Lipinski definition) is 0. The van der Waals surface area contributed by atoms with Crippen LogP contribution in [-0.4, -0.2) is 9.97 Å². The molecule has 0 saturated carbocycles. The number of fused-ring (bicyclic) bond motifs is 3. The molecule has 0 fully saturated rings. The van der Waals surface area contributed by atoms with Crippen molar-refractivity contribution in [3.63, 3.8) is 0 Å². The van der Waals surface area contributed by atoms with Crippen molar-refractivity contribution in [1.82, 2.24) is 9.97 Å². The molecule has 3 aromatic rings. The number of aryl methyl sites for hydroxylation is 4. The Morgan fingerprint density at radius 1 is 0.762 bits per heavy atom. The summed E-state index contributed by atoms with van der Waals surface area (Å²) in [7, 11) is 1.25. The number of pyridine rings is 2. The molecule has 0 spiro atoms. The molecule has 21 heavy (non-hydrogen) atoms. The van der Waals surface area contributed by atoms with E-state index in [1.165, 1.54) is 43.9 Å². The Kier molecular flexibility index (Phi) is 5.76. The van der Waals surface area contributed by atoms with E-state index in [1.54, 1.807) is 0 Å². The van der Waals surface area contributed by atoms with Gasteiger partial charge in [-0.2, -0.15) is 0 Å². The van der Waals surface area contributed by atoms with Crippen LogP contribution in [0.25, 0.3) is 21.8 Å². The van der Waals surface area contributed by atoms with E-state index in [-0.39, 0.29) is 0 Å². The summed E-state index contributed by atoms with van der Waals surface area (Å²) in [4.78, 5) is 9.16. The number of nitrogens with zero attached hydrogens (tertiary/aromatic N) is 2. The zero-order valence-electron chi connectivity index (χ0n) is 12.3. The first kappa shape index (κ1) is 16.9. The second kappa shape index (κ2) is 7.17. The van der Waals surface area contributed by atoms with Gasteiger partial charge in [0.1, 0.15) is 0 Å². The van der Waals surface area contributed by atoms with Crippen molar-refractivity contribution < 1.29 is 10.9 Å². The second-order valence-electron chi connectivity index (χ2n) is 5.04. The van der Waals surface area contributed by atoms with Crippen LogP contribution >= 0.6 is 28.5 Å². The van der Waals surface area contributed by atoms with E-state index in [1.807, 2.05) is 12.4 Å². The molecule has 0 radical (unpaired) electrons. The molecule has 3 rings (SSSR count). The van der Waals surface area contributed by atoms with Crippen molar-refractivity contribution in [2.24, 2.45) is 0 Å². The minimum atomic E-state index is 1.01. The SMILES string of the molecule is Cc1cnc2c(ccc3c(C)c(C)cnc32)c1C.[Br][Ni][Br]. The first-order valence-electron chi connectivity index (χ1n) is 6.44. The summed E-state index contributed by atoms with van der Waals surface area (Å²) in [6.07, 6.45) is 3.88. The molecule has 2 heterocycles. The number of rotatable bonds is 0. The van der Waals surface area contributed by atoms with Gasteiger partial charge in [0, 0.05) is 23.2 Å². The van der Waals surface area contributed by atoms with Gasteiger partial charge in [-0.25, -0.2) is 0 Å². The number of halogens is 2. The maximum absolute atomic E-state index is 4.58. The topological polar surface area (TPSA) is 25.8 Å². The van der Waals surface area contributed by atoms with Crippen LogP contribution in [0.5, 0.6) is 0 Å². The monoisotopic (exact) mass is 452 g/mol. The fourth-order valence-corrected chi connectivity index (χ4v) is 2.39. The first-order chi connectivity index (χ1) is 10.0. The summed E-state index contributed by atoms with van der Waals surface area (Å²) in [6.45, 7) is 8.48. The van der Waals surface area contributed by atoms with Gasteiger partial charge in [0.05, 0.1) is 11.0 Å². The predicted molar refractivity (Wildman–Crippen MR) is 93.8 cm³/mol. The molecule has 1 aromatic carbocycles. The Hall–Kier alpha value is -0.506. The number of benzene rings is 1. The second-order valence-corrected chi connectivity index (χ2v) is 10.0. The van der Waals surface area contributed by atoms with Gasteiger partial charge in [-0.15, -0.1) is 0 Å². The zero-order valence-corrected chi connectivity index (χ0v) is 16.4. The third kappa shape index (κ3) is 3.30. The minimum absolute atomic E-state index is 1.01. The quantitative estimate of drug-likeness (QED) is 0.321. The van der Waals surface area contributed by atoms with Gasteiger partial charge in [0.15, 0.2) is 0 Å². The molecule has 0 aliphatic rings. The average Bonchev–Trinajstić information content (AvgIpc) is 2.47. The average molecular weight is 455 g/mol. The summed E-state index contributed by atoms with van der Waals surface area (Å²) in [5.74, 6) is 0. The van der Waals surface area contributed by atoms with E-state index in [9.17, 15) is 0 Å². The Morgan fingerprint density at radius 3 is 1.43 bits per heavy atom. The Morgan fingerprint density at radius 2 is 1.10 bits per heavy atom. The van der Waals surface area contributed by atoms with Crippen molar-refractivity contribution >= 4 is 50.3 Å². The summed E-state index contributed by atoms with van der Waals surface area (Å²) < 4.78 is 0. The van der Waals surface area contributed by atoms with Crippen LogP contribution in [0.2, 0.25) is 0 Å². The van der Waals surface area contributed by atoms with Gasteiger partial charge in [-0.05, 0) is 49.9 Å². The van der Waals surface area contributed by atoms with Crippen molar-refractivity contribution in [3.05, 3.63) is 46.8 Å². The molecule has 0 N–H and O–H groups in total. The molecule has 0 unspecified atom stereocenters. The molecule has 0 aliphatic carbocycles. The first-order valence-corrected chi connectivity index (χ1v) is 11.3. The third-order valence-corrected chi connectivity index (χ3v) is 3.92. The molecule has 5 heteroatoms. The van der Waals surface area contributed by atoms with E-state index in [0.717, 1.165) is 11.0 Å². The van der Waals surface area contributed by atoms with Gasteiger partial charge in [0.2, 0.25) is 0 Å². The third-order valence-electron chi connectivity index (χ3n) is 3.92. The van der Waals surface area contributed by atoms with E-state index >= 15 is 0 Å². The summed E-state index contributed by atoms with van der Waals surface area (Å²) in [5.41, 5.74) is 7.07. The van der Waals surface area contributed by atoms with E-state index < -0.39 is 0 Å². The van der Waals surface area contributed by atoms with Crippen LogP contribution < -0.4 is 0 Å². The molecule has 0 bridgehead atoms. The normalized spacial score (nSPS) is 10.8. The Bertz CT molecular complexity index is 736. The van der Waals surface area contributed by atoms with Gasteiger partial charge in [-0.3, -0.25) is 9.97 Å². The molecule has 2 nitrogen and oxygen atoms in total. The van der Waals surface area contributed by atoms with Crippen LogP contribution in [0.3, 0.4) is 0 Å². The number of hydrogen-bond acceptors (Lipinski definition) is 2. The van der Waals surface area contributed by atoms with Gasteiger partial charge in [0.25, 0.3) is 0 Å². The zero-order chi connectivity index (χ0) is 15.6. The fraction of sp³-hybridized carbons (Fsp3) is 0.250. The van der Waals surface area contributed by atoms with Crippen LogP contribution in [0.1, 0.15) is 22.3 Å². The van der Waals surface area contributed by atoms with Gasteiger partial charge >= 0.3 is 39.3 Å². The van der Waals surface area contributed by atoms with Crippen molar-refractivity contribution in [3.8, 4) is 0 Å². The van der Waals surface area contributed by atoms with Crippen LogP contribution in [0.15, 0.2) is 24.5 Å². The van der Waals surface area contributed by atoms with Gasteiger partial charge in [-0.1, -0.05) is 12.1 Å². The van der Waals surface area contributed by atoms with Crippen LogP contribution in [-0.2, 0) is 10.9 Å². The molecule has 0 saturated heterocycles. The number of aromatic nitrogens is 2. The Labute approximate surface area is 145 Å². The van der Waals surface area contributed by atoms with E-state index in [4.69, 9.17) is 0 Å². The van der Waals surface area contributed by atoms with Gasteiger partial charge < -0.3 is 0 Å². The summed E-state index contributed by atoms with van der Waals surface area (Å²) in [5, 5.41) is 2.41. The summed E-state index contributed by atoms with van der Waals surface area (Å²) in [6, 6.07) is 4.34. The van der Waals surface area contributed by atoms with Crippen LogP contribution in [0.4, 0.5) is 0 Å². The molecule has 0 amide bonds. The molecule has 2 aromatic heterocycles. The van der Waals surface area contributed by atoms with E-state index in [2.05, 4.69) is 78.2 Å². The maximum atomic E-state index is 4.58. The molecule has 114 valence electrons. The molecule has 0 aliphatic heterocycles. The Balaban J connectivity index is 0.000000497. The molecule has 0 atom stereocenters. The standard InChI is InChI=1S/C16H16N2.2BrH.Ni/c1-9-7-17-15-13(11(9)3)5-6-14-12(4)10(2)8-18-16(14)15;;;/h5-8H,1-4H3;2*1H;/q;;;+2/p-2. The summed E-state index contributed by atoms with van der Waals surface area (Å²) >= 11 is 6.00.